The van der Waals surface area contributed by atoms with Gasteiger partial charge in [-0.15, -0.1) is 0 Å². The maximum atomic E-state index is 12.1. The molecule has 0 bridgehead atoms. The molecule has 0 atom stereocenters. The molecule has 0 amide bonds. The Morgan fingerprint density at radius 2 is 1.36 bits per heavy atom. The summed E-state index contributed by atoms with van der Waals surface area (Å²) in [5.74, 6) is -0.191. The molecule has 0 fully saturated rings. The lowest BCUT2D eigenvalue weighted by Gasteiger charge is -2.13. The average molecular weight is 320 g/mol. The van der Waals surface area contributed by atoms with E-state index in [1.165, 1.54) is 6.92 Å². The average Bonchev–Trinajstić information content (AvgIpc) is 2.64. The van der Waals surface area contributed by atoms with Crippen molar-refractivity contribution >= 4 is 27.3 Å². The molecule has 0 aliphatic rings. The molecule has 3 aromatic carbocycles. The molecule has 0 heterocycles. The normalized spacial score (nSPS) is 9.80. The molecule has 0 spiro atoms. The Labute approximate surface area is 143 Å². The highest BCUT2D eigenvalue weighted by molar-refractivity contribution is 6.20. The van der Waals surface area contributed by atoms with Crippen LogP contribution in [0.1, 0.15) is 39.5 Å². The number of Topliss-reactive ketones (excluding diaryl/α,β-unsaturated/α-hetero) is 1. The van der Waals surface area contributed by atoms with Gasteiger partial charge < -0.3 is 0 Å². The van der Waals surface area contributed by atoms with Gasteiger partial charge in [-0.3, -0.25) is 4.79 Å². The molecule has 3 aromatic rings. The van der Waals surface area contributed by atoms with Crippen LogP contribution in [-0.2, 0) is 0 Å². The van der Waals surface area contributed by atoms with Crippen LogP contribution in [0.15, 0.2) is 30.3 Å². The van der Waals surface area contributed by atoms with Crippen molar-refractivity contribution in [1.82, 2.24) is 0 Å². The van der Waals surface area contributed by atoms with Gasteiger partial charge in [0.05, 0.1) is 22.3 Å². The Bertz CT molecular complexity index is 1260. The zero-order valence-electron chi connectivity index (χ0n) is 13.1. The fraction of sp³-hybridized carbons (Fsp3) is 0.0500. The van der Waals surface area contributed by atoms with Crippen LogP contribution in [0.25, 0.3) is 21.5 Å². The first-order valence-corrected chi connectivity index (χ1v) is 7.25. The molecular formula is C20H8N4O. The maximum absolute atomic E-state index is 12.1. The van der Waals surface area contributed by atoms with Crippen molar-refractivity contribution in [3.63, 3.8) is 0 Å². The van der Waals surface area contributed by atoms with Crippen LogP contribution >= 0.6 is 0 Å². The van der Waals surface area contributed by atoms with E-state index >= 15 is 0 Å². The largest absolute Gasteiger partial charge is 0.294 e. The predicted octanol–water partition coefficient (Wildman–Crippen LogP) is 3.68. The second-order valence-corrected chi connectivity index (χ2v) is 5.40. The minimum absolute atomic E-state index is 0.00681. The Kier molecular flexibility index (Phi) is 3.63. The molecular weight excluding hydrogens is 312 g/mol. The SMILES string of the molecule is CC(=O)c1cccc2ccc3c(C#N)c(C#N)c(C#N)c(C#N)c3c12. The first-order valence-electron chi connectivity index (χ1n) is 7.25. The highest BCUT2D eigenvalue weighted by atomic mass is 16.1. The van der Waals surface area contributed by atoms with Crippen molar-refractivity contribution in [2.24, 2.45) is 0 Å². The van der Waals surface area contributed by atoms with Crippen LogP contribution in [0.3, 0.4) is 0 Å². The summed E-state index contributed by atoms with van der Waals surface area (Å²) in [6.45, 7) is 1.42. The lowest BCUT2D eigenvalue weighted by Crippen LogP contribution is -2.01. The van der Waals surface area contributed by atoms with E-state index in [9.17, 15) is 25.8 Å². The van der Waals surface area contributed by atoms with E-state index in [1.54, 1.807) is 30.3 Å². The lowest BCUT2D eigenvalue weighted by atomic mass is 9.86. The van der Waals surface area contributed by atoms with Crippen LogP contribution in [0.2, 0.25) is 0 Å². The minimum Gasteiger partial charge on any atom is -0.294 e. The Balaban J connectivity index is 2.82. The second kappa shape index (κ2) is 5.78. The van der Waals surface area contributed by atoms with Gasteiger partial charge in [-0.05, 0) is 12.3 Å². The van der Waals surface area contributed by atoms with E-state index in [4.69, 9.17) is 0 Å². The lowest BCUT2D eigenvalue weighted by molar-refractivity contribution is 0.101. The third kappa shape index (κ3) is 2.09. The van der Waals surface area contributed by atoms with Gasteiger partial charge in [-0.25, -0.2) is 0 Å². The summed E-state index contributed by atoms with van der Waals surface area (Å²) in [5.41, 5.74) is 0.186. The van der Waals surface area contributed by atoms with Crippen molar-refractivity contribution in [1.29, 1.82) is 21.0 Å². The van der Waals surface area contributed by atoms with Gasteiger partial charge in [0.1, 0.15) is 24.3 Å². The summed E-state index contributed by atoms with van der Waals surface area (Å²) in [7, 11) is 0. The first-order chi connectivity index (χ1) is 12.1. The zero-order valence-corrected chi connectivity index (χ0v) is 13.1. The third-order valence-corrected chi connectivity index (χ3v) is 4.14. The van der Waals surface area contributed by atoms with Crippen LogP contribution in [-0.4, -0.2) is 5.78 Å². The van der Waals surface area contributed by atoms with E-state index in [0.717, 1.165) is 0 Å². The highest BCUT2D eigenvalue weighted by Crippen LogP contribution is 2.36. The highest BCUT2D eigenvalue weighted by Gasteiger charge is 2.22. The van der Waals surface area contributed by atoms with Gasteiger partial charge >= 0.3 is 0 Å². The number of hydrogen-bond donors (Lipinski definition) is 0. The molecule has 0 saturated heterocycles. The molecule has 0 radical (unpaired) electrons. The summed E-state index contributed by atoms with van der Waals surface area (Å²) < 4.78 is 0. The van der Waals surface area contributed by atoms with Gasteiger partial charge in [0.2, 0.25) is 0 Å². The number of hydrogen-bond acceptors (Lipinski definition) is 5. The number of benzene rings is 3. The number of fused-ring (bicyclic) bond motifs is 3. The fourth-order valence-electron chi connectivity index (χ4n) is 3.10. The van der Waals surface area contributed by atoms with Gasteiger partial charge in [0, 0.05) is 21.7 Å². The van der Waals surface area contributed by atoms with Crippen molar-refractivity contribution < 1.29 is 4.79 Å². The number of rotatable bonds is 1. The van der Waals surface area contributed by atoms with E-state index in [1.807, 2.05) is 24.3 Å². The molecule has 0 aromatic heterocycles. The topological polar surface area (TPSA) is 112 Å². The molecule has 0 N–H and O–H groups in total. The molecule has 3 rings (SSSR count). The summed E-state index contributed by atoms with van der Waals surface area (Å²) >= 11 is 0. The monoisotopic (exact) mass is 320 g/mol. The molecule has 0 unspecified atom stereocenters. The van der Waals surface area contributed by atoms with E-state index in [0.29, 0.717) is 27.1 Å². The van der Waals surface area contributed by atoms with Gasteiger partial charge in [-0.1, -0.05) is 30.3 Å². The first kappa shape index (κ1) is 15.7. The van der Waals surface area contributed by atoms with E-state index in [2.05, 4.69) is 0 Å². The zero-order chi connectivity index (χ0) is 18.1. The minimum atomic E-state index is -0.191. The summed E-state index contributed by atoms with van der Waals surface area (Å²) in [6.07, 6.45) is 0. The van der Waals surface area contributed by atoms with Gasteiger partial charge in [-0.2, -0.15) is 21.0 Å². The Morgan fingerprint density at radius 1 is 0.760 bits per heavy atom. The molecule has 5 nitrogen and oxygen atoms in total. The van der Waals surface area contributed by atoms with Crippen molar-refractivity contribution in [3.8, 4) is 24.3 Å². The maximum Gasteiger partial charge on any atom is 0.160 e. The number of carbonyl (C=O) groups is 1. The standard InChI is InChI=1S/C20H8N4O/c1-11(25)13-4-2-3-12-5-6-14-15(7-21)16(8-22)17(9-23)18(10-24)20(14)19(12)13/h2-6H,1H3. The molecule has 0 aliphatic heterocycles. The summed E-state index contributed by atoms with van der Waals surface area (Å²) in [5, 5.41) is 40.0. The van der Waals surface area contributed by atoms with Crippen LogP contribution in [0, 0.1) is 45.3 Å². The van der Waals surface area contributed by atoms with Crippen molar-refractivity contribution in [2.45, 2.75) is 6.92 Å². The quantitative estimate of drug-likeness (QED) is 0.501. The van der Waals surface area contributed by atoms with E-state index in [-0.39, 0.29) is 28.0 Å². The second-order valence-electron chi connectivity index (χ2n) is 5.40. The van der Waals surface area contributed by atoms with Crippen molar-refractivity contribution in [2.75, 3.05) is 0 Å². The molecule has 114 valence electrons. The van der Waals surface area contributed by atoms with Crippen LogP contribution in [0.4, 0.5) is 0 Å². The smallest absolute Gasteiger partial charge is 0.160 e. The third-order valence-electron chi connectivity index (χ3n) is 4.14. The predicted molar refractivity (Wildman–Crippen MR) is 90.3 cm³/mol. The van der Waals surface area contributed by atoms with Gasteiger partial charge in [0.15, 0.2) is 5.78 Å². The Morgan fingerprint density at radius 3 is 1.92 bits per heavy atom. The molecule has 25 heavy (non-hydrogen) atoms. The summed E-state index contributed by atoms with van der Waals surface area (Å²) in [6, 6.07) is 16.2. The Hall–Kier alpha value is -4.19. The van der Waals surface area contributed by atoms with Crippen molar-refractivity contribution in [3.05, 3.63) is 58.1 Å². The fourth-order valence-corrected chi connectivity index (χ4v) is 3.10. The van der Waals surface area contributed by atoms with E-state index < -0.39 is 0 Å². The molecule has 5 heteroatoms. The molecule has 0 saturated carbocycles. The number of nitrogens with zero attached hydrogens (tertiary/aromatic N) is 4. The van der Waals surface area contributed by atoms with Crippen LogP contribution in [0.5, 0.6) is 0 Å². The number of carbonyl (C=O) groups excluding carboxylic acids is 1. The van der Waals surface area contributed by atoms with Crippen LogP contribution < -0.4 is 0 Å². The summed E-state index contributed by atoms with van der Waals surface area (Å²) in [4.78, 5) is 12.1. The number of nitriles is 4. The molecule has 0 aliphatic carbocycles. The van der Waals surface area contributed by atoms with Gasteiger partial charge in [0.25, 0.3) is 0 Å². The number of ketones is 1.